The first-order valence-corrected chi connectivity index (χ1v) is 6.36. The average molecular weight is 262 g/mol. The minimum atomic E-state index is -0.544. The third-order valence-corrected chi connectivity index (χ3v) is 2.91. The van der Waals surface area contributed by atoms with Gasteiger partial charge in [0.1, 0.15) is 5.60 Å². The third-order valence-electron chi connectivity index (χ3n) is 2.64. The molecule has 0 radical (unpaired) electrons. The number of likely N-dealkylation sites (tertiary alicyclic amines) is 1. The molecule has 1 aliphatic heterocycles. The molecule has 1 rings (SSSR count). The summed E-state index contributed by atoms with van der Waals surface area (Å²) in [6.45, 7) is 8.00. The fraction of sp³-hybridized carbons (Fsp3) is 0.833. The number of hydrogen-bond donors (Lipinski definition) is 0. The Morgan fingerprint density at radius 2 is 2.00 bits per heavy atom. The predicted molar refractivity (Wildman–Crippen MR) is 66.2 cm³/mol. The maximum atomic E-state index is 11.9. The molecule has 5 heteroatoms. The van der Waals surface area contributed by atoms with Gasteiger partial charge in [0.25, 0.3) is 0 Å². The van der Waals surface area contributed by atoms with Crippen molar-refractivity contribution in [3.05, 3.63) is 0 Å². The SMILES string of the molecule is CC1C[C@H](C(=O)CCl)N(C(=O)OC(C)(C)C)C1. The number of ketones is 1. The second-order valence-electron chi connectivity index (χ2n) is 5.59. The van der Waals surface area contributed by atoms with Crippen LogP contribution in [0.1, 0.15) is 34.1 Å². The van der Waals surface area contributed by atoms with Crippen LogP contribution in [0.25, 0.3) is 0 Å². The zero-order chi connectivity index (χ0) is 13.2. The Kier molecular flexibility index (Phi) is 4.42. The molecule has 0 aliphatic carbocycles. The largest absolute Gasteiger partial charge is 0.444 e. The molecule has 2 atom stereocenters. The summed E-state index contributed by atoms with van der Waals surface area (Å²) >= 11 is 5.55. The van der Waals surface area contributed by atoms with Gasteiger partial charge in [0.15, 0.2) is 5.78 Å². The lowest BCUT2D eigenvalue weighted by molar-refractivity contribution is -0.120. The molecule has 1 fully saturated rings. The van der Waals surface area contributed by atoms with Crippen LogP contribution in [0.4, 0.5) is 4.79 Å². The summed E-state index contributed by atoms with van der Waals surface area (Å²) < 4.78 is 5.29. The standard InChI is InChI=1S/C12H20ClNO3/c1-8-5-9(10(15)6-13)14(7-8)11(16)17-12(2,3)4/h8-9H,5-7H2,1-4H3/t8?,9-/m1/s1. The minimum Gasteiger partial charge on any atom is -0.444 e. The Bertz CT molecular complexity index is 311. The molecular formula is C12H20ClNO3. The minimum absolute atomic E-state index is 0.0588. The van der Waals surface area contributed by atoms with Crippen molar-refractivity contribution < 1.29 is 14.3 Å². The summed E-state index contributed by atoms with van der Waals surface area (Å²) in [5.41, 5.74) is -0.544. The normalized spacial score (nSPS) is 24.9. The van der Waals surface area contributed by atoms with Gasteiger partial charge in [-0.15, -0.1) is 11.6 Å². The zero-order valence-corrected chi connectivity index (χ0v) is 11.6. The summed E-state index contributed by atoms with van der Waals surface area (Å²) in [6, 6.07) is -0.419. The van der Waals surface area contributed by atoms with Crippen LogP contribution in [-0.2, 0) is 9.53 Å². The van der Waals surface area contributed by atoms with Crippen molar-refractivity contribution in [3.8, 4) is 0 Å². The summed E-state index contributed by atoms with van der Waals surface area (Å²) in [5, 5.41) is 0. The number of ether oxygens (including phenoxy) is 1. The number of carbonyl (C=O) groups excluding carboxylic acids is 2. The lowest BCUT2D eigenvalue weighted by Crippen LogP contribution is -2.43. The van der Waals surface area contributed by atoms with E-state index in [0.717, 1.165) is 0 Å². The van der Waals surface area contributed by atoms with Gasteiger partial charge in [0.05, 0.1) is 11.9 Å². The lowest BCUT2D eigenvalue weighted by atomic mass is 10.1. The van der Waals surface area contributed by atoms with Gasteiger partial charge in [0.2, 0.25) is 0 Å². The molecule has 98 valence electrons. The highest BCUT2D eigenvalue weighted by atomic mass is 35.5. The van der Waals surface area contributed by atoms with E-state index in [2.05, 4.69) is 0 Å². The highest BCUT2D eigenvalue weighted by Crippen LogP contribution is 2.25. The quantitative estimate of drug-likeness (QED) is 0.718. The van der Waals surface area contributed by atoms with E-state index in [4.69, 9.17) is 16.3 Å². The molecule has 1 aliphatic rings. The van der Waals surface area contributed by atoms with Crippen molar-refractivity contribution in [1.29, 1.82) is 0 Å². The van der Waals surface area contributed by atoms with Crippen LogP contribution in [0, 0.1) is 5.92 Å². The van der Waals surface area contributed by atoms with Crippen molar-refractivity contribution in [2.75, 3.05) is 12.4 Å². The molecule has 0 aromatic carbocycles. The van der Waals surface area contributed by atoms with Crippen molar-refractivity contribution >= 4 is 23.5 Å². The van der Waals surface area contributed by atoms with Crippen molar-refractivity contribution in [3.63, 3.8) is 0 Å². The predicted octanol–water partition coefficient (Wildman–Crippen LogP) is 2.44. The summed E-state index contributed by atoms with van der Waals surface area (Å²) in [7, 11) is 0. The van der Waals surface area contributed by atoms with Crippen LogP contribution in [0.3, 0.4) is 0 Å². The molecule has 0 saturated carbocycles. The van der Waals surface area contributed by atoms with Gasteiger partial charge in [-0.3, -0.25) is 9.69 Å². The van der Waals surface area contributed by atoms with E-state index in [0.29, 0.717) is 18.9 Å². The second-order valence-corrected chi connectivity index (χ2v) is 5.86. The average Bonchev–Trinajstić information content (AvgIpc) is 2.56. The topological polar surface area (TPSA) is 46.6 Å². The van der Waals surface area contributed by atoms with Crippen LogP contribution in [0.15, 0.2) is 0 Å². The highest BCUT2D eigenvalue weighted by molar-refractivity contribution is 6.28. The molecule has 0 aromatic heterocycles. The van der Waals surface area contributed by atoms with E-state index < -0.39 is 17.7 Å². The molecule has 1 heterocycles. The lowest BCUT2D eigenvalue weighted by Gasteiger charge is -2.27. The fourth-order valence-corrected chi connectivity index (χ4v) is 2.14. The van der Waals surface area contributed by atoms with E-state index in [9.17, 15) is 9.59 Å². The smallest absolute Gasteiger partial charge is 0.410 e. The van der Waals surface area contributed by atoms with Crippen molar-refractivity contribution in [2.24, 2.45) is 5.92 Å². The first-order chi connectivity index (χ1) is 7.74. The van der Waals surface area contributed by atoms with E-state index >= 15 is 0 Å². The summed E-state index contributed by atoms with van der Waals surface area (Å²) in [6.07, 6.45) is 0.246. The van der Waals surface area contributed by atoms with E-state index in [1.165, 1.54) is 4.90 Å². The van der Waals surface area contributed by atoms with E-state index in [1.807, 2.05) is 27.7 Å². The van der Waals surface area contributed by atoms with Crippen LogP contribution in [-0.4, -0.2) is 40.8 Å². The molecule has 4 nitrogen and oxygen atoms in total. The molecule has 17 heavy (non-hydrogen) atoms. The number of halogens is 1. The molecule has 0 N–H and O–H groups in total. The van der Waals surface area contributed by atoms with Crippen molar-refractivity contribution in [2.45, 2.75) is 45.8 Å². The first-order valence-electron chi connectivity index (χ1n) is 5.83. The Balaban J connectivity index is 2.73. The maximum Gasteiger partial charge on any atom is 0.410 e. The number of amides is 1. The van der Waals surface area contributed by atoms with Gasteiger partial charge in [-0.1, -0.05) is 6.92 Å². The maximum absolute atomic E-state index is 11.9. The molecular weight excluding hydrogens is 242 g/mol. The van der Waals surface area contributed by atoms with Crippen molar-refractivity contribution in [1.82, 2.24) is 4.90 Å². The number of carbonyl (C=O) groups is 2. The van der Waals surface area contributed by atoms with Crippen LogP contribution in [0.5, 0.6) is 0 Å². The third kappa shape index (κ3) is 3.87. The summed E-state index contributed by atoms with van der Waals surface area (Å²) in [4.78, 5) is 25.1. The van der Waals surface area contributed by atoms with Gasteiger partial charge in [-0.25, -0.2) is 4.79 Å². The van der Waals surface area contributed by atoms with Crippen LogP contribution < -0.4 is 0 Å². The van der Waals surface area contributed by atoms with E-state index in [1.54, 1.807) is 0 Å². The molecule has 0 spiro atoms. The van der Waals surface area contributed by atoms with E-state index in [-0.39, 0.29) is 11.7 Å². The molecule has 1 unspecified atom stereocenters. The molecule has 0 bridgehead atoms. The zero-order valence-electron chi connectivity index (χ0n) is 10.8. The van der Waals surface area contributed by atoms with Gasteiger partial charge in [-0.05, 0) is 33.1 Å². The van der Waals surface area contributed by atoms with Gasteiger partial charge < -0.3 is 4.74 Å². The van der Waals surface area contributed by atoms with Crippen LogP contribution >= 0.6 is 11.6 Å². The van der Waals surface area contributed by atoms with Gasteiger partial charge >= 0.3 is 6.09 Å². The van der Waals surface area contributed by atoms with Gasteiger partial charge in [0, 0.05) is 6.54 Å². The second kappa shape index (κ2) is 5.25. The highest BCUT2D eigenvalue weighted by Gasteiger charge is 2.39. The summed E-state index contributed by atoms with van der Waals surface area (Å²) in [5.74, 6) is 0.137. The number of nitrogens with zero attached hydrogens (tertiary/aromatic N) is 1. The Labute approximate surface area is 107 Å². The molecule has 1 saturated heterocycles. The monoisotopic (exact) mass is 261 g/mol. The Morgan fingerprint density at radius 3 is 2.47 bits per heavy atom. The fourth-order valence-electron chi connectivity index (χ4n) is 1.96. The Hall–Kier alpha value is -0.770. The Morgan fingerprint density at radius 1 is 1.41 bits per heavy atom. The molecule has 0 aromatic rings. The first kappa shape index (κ1) is 14.3. The number of hydrogen-bond acceptors (Lipinski definition) is 3. The molecule has 1 amide bonds. The number of alkyl halides is 1. The van der Waals surface area contributed by atoms with Gasteiger partial charge in [-0.2, -0.15) is 0 Å². The number of rotatable bonds is 2. The number of Topliss-reactive ketones (excluding diaryl/α,β-unsaturated/α-hetero) is 1. The van der Waals surface area contributed by atoms with Crippen LogP contribution in [0.2, 0.25) is 0 Å².